The molecule has 2 aliphatic rings. The summed E-state index contributed by atoms with van der Waals surface area (Å²) >= 11 is 0. The van der Waals surface area contributed by atoms with Crippen molar-refractivity contribution in [2.75, 3.05) is 51.6 Å². The van der Waals surface area contributed by atoms with Crippen molar-refractivity contribution < 1.29 is 18.3 Å². The van der Waals surface area contributed by atoms with E-state index in [1.54, 1.807) is 4.90 Å². The molecule has 0 spiro atoms. The number of hydrogen-bond acceptors (Lipinski definition) is 5. The zero-order chi connectivity index (χ0) is 15.5. The molecule has 0 aliphatic carbocycles. The van der Waals surface area contributed by atoms with Crippen molar-refractivity contribution in [1.29, 1.82) is 0 Å². The van der Waals surface area contributed by atoms with Crippen molar-refractivity contribution in [1.82, 2.24) is 14.1 Å². The van der Waals surface area contributed by atoms with Crippen LogP contribution in [-0.4, -0.2) is 91.2 Å². The molecule has 2 fully saturated rings. The van der Waals surface area contributed by atoms with E-state index >= 15 is 0 Å². The summed E-state index contributed by atoms with van der Waals surface area (Å²) in [5, 5.41) is 9.64. The lowest BCUT2D eigenvalue weighted by Crippen LogP contribution is -2.52. The average molecular weight is 319 g/mol. The first-order valence-corrected chi connectivity index (χ1v) is 9.19. The van der Waals surface area contributed by atoms with Gasteiger partial charge in [-0.15, -0.1) is 0 Å². The monoisotopic (exact) mass is 319 g/mol. The first-order chi connectivity index (χ1) is 9.92. The summed E-state index contributed by atoms with van der Waals surface area (Å²) in [5.41, 5.74) is 0. The van der Waals surface area contributed by atoms with E-state index in [1.165, 1.54) is 4.31 Å². The van der Waals surface area contributed by atoms with E-state index in [9.17, 15) is 18.3 Å². The lowest BCUT2D eigenvalue weighted by atomic mass is 10.2. The molecular formula is C13H25N3O4S. The number of sulfonamides is 1. The molecular weight excluding hydrogens is 294 g/mol. The minimum absolute atomic E-state index is 0.0279. The highest BCUT2D eigenvalue weighted by molar-refractivity contribution is 7.89. The molecule has 0 saturated carbocycles. The number of hydrogen-bond donors (Lipinski definition) is 1. The Morgan fingerprint density at radius 2 is 1.86 bits per heavy atom. The van der Waals surface area contributed by atoms with E-state index in [1.807, 2.05) is 6.92 Å². The molecule has 2 rings (SSSR count). The van der Waals surface area contributed by atoms with Crippen LogP contribution in [0.2, 0.25) is 0 Å². The molecule has 1 amide bonds. The predicted octanol–water partition coefficient (Wildman–Crippen LogP) is -1.06. The highest BCUT2D eigenvalue weighted by atomic mass is 32.2. The van der Waals surface area contributed by atoms with Gasteiger partial charge in [0, 0.05) is 39.3 Å². The van der Waals surface area contributed by atoms with Crippen LogP contribution in [0.1, 0.15) is 19.8 Å². The van der Waals surface area contributed by atoms with Crippen LogP contribution in [0.15, 0.2) is 0 Å². The van der Waals surface area contributed by atoms with Gasteiger partial charge in [-0.1, -0.05) is 6.92 Å². The van der Waals surface area contributed by atoms with Gasteiger partial charge in [0.05, 0.1) is 18.4 Å². The Bertz CT molecular complexity index is 460. The zero-order valence-corrected chi connectivity index (χ0v) is 13.4. The molecule has 7 nitrogen and oxygen atoms in total. The largest absolute Gasteiger partial charge is 0.392 e. The third kappa shape index (κ3) is 4.38. The molecule has 2 aliphatic heterocycles. The minimum atomic E-state index is -3.21. The third-order valence-electron chi connectivity index (χ3n) is 4.18. The second kappa shape index (κ2) is 7.04. The molecule has 0 aromatic heterocycles. The summed E-state index contributed by atoms with van der Waals surface area (Å²) in [5.74, 6) is 0.0411. The maximum absolute atomic E-state index is 12.2. The Morgan fingerprint density at radius 1 is 1.19 bits per heavy atom. The number of amides is 1. The topological polar surface area (TPSA) is 81.2 Å². The number of piperazine rings is 1. The molecule has 2 saturated heterocycles. The minimum Gasteiger partial charge on any atom is -0.392 e. The predicted molar refractivity (Wildman–Crippen MR) is 79.3 cm³/mol. The Balaban J connectivity index is 1.78. The number of carbonyl (C=O) groups excluding carboxylic acids is 1. The fourth-order valence-corrected chi connectivity index (χ4v) is 4.19. The van der Waals surface area contributed by atoms with E-state index in [0.717, 1.165) is 19.5 Å². The third-order valence-corrected chi connectivity index (χ3v) is 6.08. The Labute approximate surface area is 126 Å². The van der Waals surface area contributed by atoms with Crippen molar-refractivity contribution in [2.24, 2.45) is 0 Å². The maximum Gasteiger partial charge on any atom is 0.237 e. The highest BCUT2D eigenvalue weighted by Crippen LogP contribution is 2.14. The van der Waals surface area contributed by atoms with Crippen molar-refractivity contribution in [2.45, 2.75) is 25.9 Å². The van der Waals surface area contributed by atoms with Crippen molar-refractivity contribution >= 4 is 15.9 Å². The quantitative estimate of drug-likeness (QED) is 0.698. The van der Waals surface area contributed by atoms with Gasteiger partial charge in [-0.25, -0.2) is 8.42 Å². The number of nitrogens with zero attached hydrogens (tertiary/aromatic N) is 3. The van der Waals surface area contributed by atoms with E-state index < -0.39 is 10.0 Å². The standard InChI is InChI=1S/C13H25N3O4S/c1-2-12(17)10-14-5-7-15(8-6-14)13(18)11-16-4-3-9-21(16,19)20/h12,17H,2-11H2,1H3. The highest BCUT2D eigenvalue weighted by Gasteiger charge is 2.32. The molecule has 8 heteroatoms. The molecule has 0 aromatic rings. The summed E-state index contributed by atoms with van der Waals surface area (Å²) < 4.78 is 24.7. The number of aliphatic hydroxyl groups is 1. The molecule has 1 unspecified atom stereocenters. The molecule has 1 atom stereocenters. The Hall–Kier alpha value is -0.700. The second-order valence-corrected chi connectivity index (χ2v) is 7.84. The van der Waals surface area contributed by atoms with Gasteiger partial charge in [-0.3, -0.25) is 9.69 Å². The van der Waals surface area contributed by atoms with Gasteiger partial charge in [0.1, 0.15) is 0 Å². The summed E-state index contributed by atoms with van der Waals surface area (Å²) in [6, 6.07) is 0. The smallest absolute Gasteiger partial charge is 0.237 e. The summed E-state index contributed by atoms with van der Waals surface area (Å²) in [6.07, 6.45) is 1.02. The first-order valence-electron chi connectivity index (χ1n) is 7.58. The summed E-state index contributed by atoms with van der Waals surface area (Å²) in [6.45, 7) is 5.67. The van der Waals surface area contributed by atoms with Gasteiger partial charge in [-0.2, -0.15) is 4.31 Å². The van der Waals surface area contributed by atoms with Crippen LogP contribution in [0.3, 0.4) is 0 Å². The summed E-state index contributed by atoms with van der Waals surface area (Å²) in [7, 11) is -3.21. The number of rotatable bonds is 5. The Kier molecular flexibility index (Phi) is 5.59. The normalized spacial score (nSPS) is 25.1. The van der Waals surface area contributed by atoms with Gasteiger partial charge in [0.2, 0.25) is 15.9 Å². The van der Waals surface area contributed by atoms with Crippen molar-refractivity contribution in [3.63, 3.8) is 0 Å². The van der Waals surface area contributed by atoms with Gasteiger partial charge in [0.25, 0.3) is 0 Å². The van der Waals surface area contributed by atoms with Crippen LogP contribution >= 0.6 is 0 Å². The van der Waals surface area contributed by atoms with E-state index in [2.05, 4.69) is 4.90 Å². The van der Waals surface area contributed by atoms with Crippen molar-refractivity contribution in [3.05, 3.63) is 0 Å². The van der Waals surface area contributed by atoms with E-state index in [0.29, 0.717) is 32.6 Å². The average Bonchev–Trinajstić information content (AvgIpc) is 2.78. The van der Waals surface area contributed by atoms with Gasteiger partial charge in [-0.05, 0) is 12.8 Å². The van der Waals surface area contributed by atoms with Crippen LogP contribution in [0.5, 0.6) is 0 Å². The number of β-amino-alcohol motifs (C(OH)–C–C–N with tert-alkyl or cyclic N) is 1. The molecule has 21 heavy (non-hydrogen) atoms. The maximum atomic E-state index is 12.2. The van der Waals surface area contributed by atoms with Gasteiger partial charge < -0.3 is 10.0 Å². The van der Waals surface area contributed by atoms with Crippen molar-refractivity contribution in [3.8, 4) is 0 Å². The Morgan fingerprint density at radius 3 is 2.38 bits per heavy atom. The molecule has 0 aromatic carbocycles. The molecule has 122 valence electrons. The SMILES string of the molecule is CCC(O)CN1CCN(C(=O)CN2CCCS2(=O)=O)CC1. The fourth-order valence-electron chi connectivity index (χ4n) is 2.73. The molecule has 2 heterocycles. The lowest BCUT2D eigenvalue weighted by Gasteiger charge is -2.36. The van der Waals surface area contributed by atoms with Crippen LogP contribution in [-0.2, 0) is 14.8 Å². The molecule has 0 radical (unpaired) electrons. The van der Waals surface area contributed by atoms with Gasteiger partial charge >= 0.3 is 0 Å². The van der Waals surface area contributed by atoms with Crippen LogP contribution in [0.25, 0.3) is 0 Å². The second-order valence-electron chi connectivity index (χ2n) is 5.75. The zero-order valence-electron chi connectivity index (χ0n) is 12.6. The molecule has 0 bridgehead atoms. The first kappa shape index (κ1) is 16.7. The lowest BCUT2D eigenvalue weighted by molar-refractivity contribution is -0.133. The van der Waals surface area contributed by atoms with Crippen LogP contribution in [0, 0.1) is 0 Å². The van der Waals surface area contributed by atoms with E-state index in [4.69, 9.17) is 0 Å². The van der Waals surface area contributed by atoms with Crippen LogP contribution in [0.4, 0.5) is 0 Å². The number of aliphatic hydroxyl groups excluding tert-OH is 1. The van der Waals surface area contributed by atoms with Gasteiger partial charge in [0.15, 0.2) is 0 Å². The number of carbonyl (C=O) groups is 1. The summed E-state index contributed by atoms with van der Waals surface area (Å²) in [4.78, 5) is 16.0. The fraction of sp³-hybridized carbons (Fsp3) is 0.923. The van der Waals surface area contributed by atoms with E-state index in [-0.39, 0.29) is 24.3 Å². The molecule has 1 N–H and O–H groups in total. The van der Waals surface area contributed by atoms with Crippen LogP contribution < -0.4 is 0 Å².